The van der Waals surface area contributed by atoms with E-state index < -0.39 is 23.4 Å². The Labute approximate surface area is 165 Å². The average molecular weight is 434 g/mol. The highest BCUT2D eigenvalue weighted by molar-refractivity contribution is 9.10. The molecule has 2 aliphatic rings. The average Bonchev–Trinajstić information content (AvgIpc) is 3.25. The van der Waals surface area contributed by atoms with Crippen molar-refractivity contribution in [1.82, 2.24) is 5.06 Å². The molecule has 0 spiro atoms. The van der Waals surface area contributed by atoms with Crippen LogP contribution in [0.1, 0.15) is 24.4 Å². The third kappa shape index (κ3) is 2.76. The Bertz CT molecular complexity index is 898. The number of esters is 2. The Morgan fingerprint density at radius 1 is 1.11 bits per heavy atom. The molecule has 0 radical (unpaired) electrons. The zero-order chi connectivity index (χ0) is 19.2. The molecule has 0 aromatic heterocycles. The molecular formula is C20H20BrNO5. The standard InChI is InChI=1S/C20H20BrNO5/c1-25-18(23)20(19(24)26-2)11-16-7-8-27-22(16)17(20)14-4-3-13-10-15(21)6-5-12(13)9-14/h3-6,9-10,16-17H,7-8,11H2,1-2H3/t16-,17-/m0/s1. The van der Waals surface area contributed by atoms with Crippen LogP contribution in [0.3, 0.4) is 0 Å². The number of hydrogen-bond donors (Lipinski definition) is 0. The van der Waals surface area contributed by atoms with Crippen LogP contribution in [0.15, 0.2) is 40.9 Å². The molecule has 0 unspecified atom stereocenters. The number of hydrogen-bond acceptors (Lipinski definition) is 6. The molecule has 0 aliphatic carbocycles. The molecule has 0 bridgehead atoms. The first-order valence-corrected chi connectivity index (χ1v) is 9.58. The monoisotopic (exact) mass is 433 g/mol. The molecule has 2 fully saturated rings. The molecule has 0 N–H and O–H groups in total. The van der Waals surface area contributed by atoms with Crippen LogP contribution < -0.4 is 0 Å². The number of carbonyl (C=O) groups excluding carboxylic acids is 2. The van der Waals surface area contributed by atoms with Crippen molar-refractivity contribution in [3.05, 3.63) is 46.4 Å². The molecule has 2 aromatic rings. The normalized spacial score (nSPS) is 24.0. The Morgan fingerprint density at radius 2 is 1.78 bits per heavy atom. The fourth-order valence-corrected chi connectivity index (χ4v) is 4.76. The number of halogens is 1. The maximum atomic E-state index is 12.8. The molecule has 7 heteroatoms. The SMILES string of the molecule is COC(=O)C1(C(=O)OC)C[C@@H]2CCON2[C@H]1c1ccc2cc(Br)ccc2c1. The zero-order valence-electron chi connectivity index (χ0n) is 15.1. The summed E-state index contributed by atoms with van der Waals surface area (Å²) < 4.78 is 11.1. The summed E-state index contributed by atoms with van der Waals surface area (Å²) in [6.07, 6.45) is 1.07. The molecule has 142 valence electrons. The number of hydroxylamine groups is 2. The second-order valence-corrected chi connectivity index (χ2v) is 7.86. The summed E-state index contributed by atoms with van der Waals surface area (Å²) in [5, 5.41) is 3.86. The van der Waals surface area contributed by atoms with Gasteiger partial charge in [0.2, 0.25) is 0 Å². The van der Waals surface area contributed by atoms with Gasteiger partial charge in [-0.1, -0.05) is 34.1 Å². The van der Waals surface area contributed by atoms with Crippen LogP contribution in [0.2, 0.25) is 0 Å². The van der Waals surface area contributed by atoms with Gasteiger partial charge >= 0.3 is 11.9 Å². The maximum absolute atomic E-state index is 12.8. The van der Waals surface area contributed by atoms with Crippen LogP contribution in [0.4, 0.5) is 0 Å². The number of rotatable bonds is 3. The molecule has 2 aliphatic heterocycles. The van der Waals surface area contributed by atoms with Crippen molar-refractivity contribution in [3.63, 3.8) is 0 Å². The highest BCUT2D eigenvalue weighted by Gasteiger charge is 2.65. The smallest absolute Gasteiger partial charge is 0.325 e. The number of methoxy groups -OCH3 is 2. The summed E-state index contributed by atoms with van der Waals surface area (Å²) >= 11 is 3.48. The number of ether oxygens (including phenoxy) is 2. The topological polar surface area (TPSA) is 65.1 Å². The Kier molecular flexibility index (Phi) is 4.70. The molecule has 2 saturated heterocycles. The minimum Gasteiger partial charge on any atom is -0.468 e. The highest BCUT2D eigenvalue weighted by atomic mass is 79.9. The van der Waals surface area contributed by atoms with Gasteiger partial charge in [-0.3, -0.25) is 14.4 Å². The number of nitrogens with zero attached hydrogens (tertiary/aromatic N) is 1. The molecule has 6 nitrogen and oxygen atoms in total. The van der Waals surface area contributed by atoms with Crippen LogP contribution in [0.25, 0.3) is 10.8 Å². The first kappa shape index (κ1) is 18.4. The third-order valence-corrected chi connectivity index (χ3v) is 6.06. The van der Waals surface area contributed by atoms with Gasteiger partial charge in [0, 0.05) is 10.5 Å². The van der Waals surface area contributed by atoms with Crippen molar-refractivity contribution in [2.24, 2.45) is 5.41 Å². The van der Waals surface area contributed by atoms with Crippen LogP contribution in [-0.2, 0) is 23.9 Å². The van der Waals surface area contributed by atoms with E-state index in [1.165, 1.54) is 14.2 Å². The number of benzene rings is 2. The van der Waals surface area contributed by atoms with E-state index in [4.69, 9.17) is 14.3 Å². The van der Waals surface area contributed by atoms with Crippen LogP contribution in [0, 0.1) is 5.41 Å². The molecule has 0 amide bonds. The summed E-state index contributed by atoms with van der Waals surface area (Å²) in [6.45, 7) is 0.570. The van der Waals surface area contributed by atoms with Gasteiger partial charge in [0.05, 0.1) is 26.9 Å². The molecule has 0 saturated carbocycles. The summed E-state index contributed by atoms with van der Waals surface area (Å²) in [5.41, 5.74) is -0.623. The molecule has 27 heavy (non-hydrogen) atoms. The molecule has 2 atom stereocenters. The first-order chi connectivity index (χ1) is 13.0. The summed E-state index contributed by atoms with van der Waals surface area (Å²) in [6, 6.07) is 11.3. The minimum absolute atomic E-state index is 0.0335. The molecule has 2 aromatic carbocycles. The second-order valence-electron chi connectivity index (χ2n) is 6.95. The highest BCUT2D eigenvalue weighted by Crippen LogP contribution is 2.54. The van der Waals surface area contributed by atoms with E-state index in [0.29, 0.717) is 13.0 Å². The van der Waals surface area contributed by atoms with Crippen LogP contribution in [-0.4, -0.2) is 43.9 Å². The summed E-state index contributed by atoms with van der Waals surface area (Å²) in [7, 11) is 2.60. The Hall–Kier alpha value is -1.96. The van der Waals surface area contributed by atoms with Gasteiger partial charge in [0.1, 0.15) is 0 Å². The van der Waals surface area contributed by atoms with Gasteiger partial charge in [-0.05, 0) is 47.4 Å². The third-order valence-electron chi connectivity index (χ3n) is 5.57. The summed E-state index contributed by atoms with van der Waals surface area (Å²) in [4.78, 5) is 31.5. The van der Waals surface area contributed by atoms with E-state index in [2.05, 4.69) is 15.9 Å². The van der Waals surface area contributed by atoms with E-state index in [1.807, 2.05) is 36.4 Å². The Balaban J connectivity index is 1.89. The van der Waals surface area contributed by atoms with E-state index in [0.717, 1.165) is 27.2 Å². The van der Waals surface area contributed by atoms with Crippen molar-refractivity contribution in [2.75, 3.05) is 20.8 Å². The maximum Gasteiger partial charge on any atom is 0.325 e. The lowest BCUT2D eigenvalue weighted by atomic mass is 9.76. The molecule has 4 rings (SSSR count). The predicted molar refractivity (Wildman–Crippen MR) is 102 cm³/mol. The quantitative estimate of drug-likeness (QED) is 0.545. The van der Waals surface area contributed by atoms with E-state index in [-0.39, 0.29) is 6.04 Å². The lowest BCUT2D eigenvalue weighted by molar-refractivity contribution is -0.187. The summed E-state index contributed by atoms with van der Waals surface area (Å²) in [5.74, 6) is -1.18. The van der Waals surface area contributed by atoms with Crippen molar-refractivity contribution in [2.45, 2.75) is 24.9 Å². The van der Waals surface area contributed by atoms with Crippen LogP contribution in [0.5, 0.6) is 0 Å². The van der Waals surface area contributed by atoms with Crippen molar-refractivity contribution >= 4 is 38.6 Å². The minimum atomic E-state index is -1.45. The fraction of sp³-hybridized carbons (Fsp3) is 0.400. The van der Waals surface area contributed by atoms with E-state index in [9.17, 15) is 9.59 Å². The fourth-order valence-electron chi connectivity index (χ4n) is 4.38. The molecule has 2 heterocycles. The number of fused-ring (bicyclic) bond motifs is 2. The van der Waals surface area contributed by atoms with Gasteiger partial charge in [0.25, 0.3) is 0 Å². The lowest BCUT2D eigenvalue weighted by Gasteiger charge is -2.33. The first-order valence-electron chi connectivity index (χ1n) is 8.78. The van der Waals surface area contributed by atoms with Crippen molar-refractivity contribution in [3.8, 4) is 0 Å². The molecular weight excluding hydrogens is 414 g/mol. The van der Waals surface area contributed by atoms with E-state index in [1.54, 1.807) is 5.06 Å². The van der Waals surface area contributed by atoms with Gasteiger partial charge in [0.15, 0.2) is 5.41 Å². The van der Waals surface area contributed by atoms with Crippen molar-refractivity contribution in [1.29, 1.82) is 0 Å². The van der Waals surface area contributed by atoms with Gasteiger partial charge in [-0.25, -0.2) is 0 Å². The largest absolute Gasteiger partial charge is 0.468 e. The zero-order valence-corrected chi connectivity index (χ0v) is 16.7. The van der Waals surface area contributed by atoms with Crippen molar-refractivity contribution < 1.29 is 23.9 Å². The number of carbonyl (C=O) groups is 2. The van der Waals surface area contributed by atoms with Gasteiger partial charge < -0.3 is 9.47 Å². The Morgan fingerprint density at radius 3 is 2.48 bits per heavy atom. The predicted octanol–water partition coefficient (Wildman–Crippen LogP) is 3.39. The lowest BCUT2D eigenvalue weighted by Crippen LogP contribution is -2.45. The van der Waals surface area contributed by atoms with E-state index >= 15 is 0 Å². The van der Waals surface area contributed by atoms with Crippen LogP contribution >= 0.6 is 15.9 Å². The van der Waals surface area contributed by atoms with Gasteiger partial charge in [-0.2, -0.15) is 5.06 Å². The van der Waals surface area contributed by atoms with Gasteiger partial charge in [-0.15, -0.1) is 0 Å². The second kappa shape index (κ2) is 6.89.